The van der Waals surface area contributed by atoms with Gasteiger partial charge in [0, 0.05) is 12.4 Å². The lowest BCUT2D eigenvalue weighted by molar-refractivity contribution is 0.0955. The zero-order valence-electron chi connectivity index (χ0n) is 13.2. The fourth-order valence-electron chi connectivity index (χ4n) is 1.82. The van der Waals surface area contributed by atoms with E-state index < -0.39 is 0 Å². The van der Waals surface area contributed by atoms with Gasteiger partial charge in [0.25, 0.3) is 5.91 Å². The van der Waals surface area contributed by atoms with Crippen LogP contribution in [0.15, 0.2) is 47.8 Å². The lowest BCUT2D eigenvalue weighted by Gasteiger charge is -2.10. The molecule has 2 aromatic rings. The number of hydrogen-bond donors (Lipinski definition) is 1. The highest BCUT2D eigenvalue weighted by molar-refractivity contribution is 5.94. The summed E-state index contributed by atoms with van der Waals surface area (Å²) in [7, 11) is 1.58. The second-order valence-corrected chi connectivity index (χ2v) is 4.70. The highest BCUT2D eigenvalue weighted by atomic mass is 16.5. The van der Waals surface area contributed by atoms with E-state index in [1.54, 1.807) is 37.7 Å². The fraction of sp³-hybridized carbons (Fsp3) is 0.235. The van der Waals surface area contributed by atoms with E-state index in [9.17, 15) is 4.79 Å². The zero-order chi connectivity index (χ0) is 16.5. The molecule has 23 heavy (non-hydrogen) atoms. The Labute approximate surface area is 135 Å². The maximum atomic E-state index is 11.8. The van der Waals surface area contributed by atoms with Gasteiger partial charge in [-0.3, -0.25) is 9.78 Å². The van der Waals surface area contributed by atoms with Crippen molar-refractivity contribution in [2.75, 3.05) is 13.7 Å². The molecule has 0 bridgehead atoms. The summed E-state index contributed by atoms with van der Waals surface area (Å²) >= 11 is 0. The summed E-state index contributed by atoms with van der Waals surface area (Å²) in [6.07, 6.45) is 5.55. The van der Waals surface area contributed by atoms with Crippen LogP contribution in [0, 0.1) is 0 Å². The summed E-state index contributed by atoms with van der Waals surface area (Å²) in [5, 5.41) is 3.94. The molecule has 6 heteroatoms. The number of nitrogens with one attached hydrogen (secondary N) is 1. The number of pyridine rings is 1. The molecule has 0 spiro atoms. The van der Waals surface area contributed by atoms with Crippen LogP contribution in [0.1, 0.15) is 29.3 Å². The van der Waals surface area contributed by atoms with Crippen molar-refractivity contribution >= 4 is 12.1 Å². The van der Waals surface area contributed by atoms with E-state index in [-0.39, 0.29) is 5.91 Å². The Morgan fingerprint density at radius 1 is 1.35 bits per heavy atom. The smallest absolute Gasteiger partial charge is 0.272 e. The van der Waals surface area contributed by atoms with Crippen LogP contribution in [0.3, 0.4) is 0 Å². The number of amides is 1. The molecule has 0 saturated heterocycles. The maximum Gasteiger partial charge on any atom is 0.272 e. The van der Waals surface area contributed by atoms with Crippen molar-refractivity contribution in [3.05, 3.63) is 53.9 Å². The molecule has 1 N–H and O–H groups in total. The number of aromatic nitrogens is 1. The largest absolute Gasteiger partial charge is 0.493 e. The summed E-state index contributed by atoms with van der Waals surface area (Å²) < 4.78 is 10.9. The van der Waals surface area contributed by atoms with Crippen molar-refractivity contribution in [3.63, 3.8) is 0 Å². The molecule has 1 aromatic carbocycles. The molecule has 0 saturated carbocycles. The molecule has 120 valence electrons. The first-order valence-corrected chi connectivity index (χ1v) is 7.29. The molecule has 0 unspecified atom stereocenters. The Bertz CT molecular complexity index is 672. The monoisotopic (exact) mass is 313 g/mol. The summed E-state index contributed by atoms with van der Waals surface area (Å²) in [6, 6.07) is 8.82. The van der Waals surface area contributed by atoms with Gasteiger partial charge in [0.1, 0.15) is 0 Å². The molecule has 0 fully saturated rings. The zero-order valence-corrected chi connectivity index (χ0v) is 13.2. The maximum absolute atomic E-state index is 11.8. The first-order chi connectivity index (χ1) is 11.2. The minimum Gasteiger partial charge on any atom is -0.493 e. The normalized spacial score (nSPS) is 10.5. The average Bonchev–Trinajstić information content (AvgIpc) is 2.61. The first-order valence-electron chi connectivity index (χ1n) is 7.29. The second-order valence-electron chi connectivity index (χ2n) is 4.70. The molecule has 0 atom stereocenters. The third-order valence-corrected chi connectivity index (χ3v) is 2.95. The van der Waals surface area contributed by atoms with Crippen molar-refractivity contribution in [2.45, 2.75) is 13.3 Å². The van der Waals surface area contributed by atoms with Gasteiger partial charge in [-0.2, -0.15) is 5.10 Å². The number of methoxy groups -OCH3 is 1. The van der Waals surface area contributed by atoms with E-state index >= 15 is 0 Å². The van der Waals surface area contributed by atoms with Crippen molar-refractivity contribution in [1.82, 2.24) is 10.4 Å². The summed E-state index contributed by atoms with van der Waals surface area (Å²) in [5.74, 6) is 0.996. The number of ether oxygens (including phenoxy) is 2. The summed E-state index contributed by atoms with van der Waals surface area (Å²) in [5.41, 5.74) is 3.69. The van der Waals surface area contributed by atoms with Gasteiger partial charge in [0.05, 0.1) is 25.5 Å². The molecule has 0 radical (unpaired) electrons. The molecule has 1 heterocycles. The van der Waals surface area contributed by atoms with Crippen molar-refractivity contribution in [2.24, 2.45) is 5.10 Å². The Hall–Kier alpha value is -2.89. The van der Waals surface area contributed by atoms with Crippen molar-refractivity contribution in [1.29, 1.82) is 0 Å². The van der Waals surface area contributed by atoms with E-state index in [0.29, 0.717) is 23.7 Å². The fourth-order valence-corrected chi connectivity index (χ4v) is 1.82. The Morgan fingerprint density at radius 2 is 2.22 bits per heavy atom. The SMILES string of the molecule is CCCOc1ccc(/C=N\NC(=O)c2cccnc2)cc1OC. The number of benzene rings is 1. The molecular weight excluding hydrogens is 294 g/mol. The van der Waals surface area contributed by atoms with Crippen LogP contribution in [0.4, 0.5) is 0 Å². The Morgan fingerprint density at radius 3 is 2.91 bits per heavy atom. The van der Waals surface area contributed by atoms with Gasteiger partial charge >= 0.3 is 0 Å². The quantitative estimate of drug-likeness (QED) is 0.630. The van der Waals surface area contributed by atoms with Crippen molar-refractivity contribution < 1.29 is 14.3 Å². The number of hydrogen-bond acceptors (Lipinski definition) is 5. The van der Waals surface area contributed by atoms with Crippen LogP contribution < -0.4 is 14.9 Å². The van der Waals surface area contributed by atoms with Gasteiger partial charge in [0.15, 0.2) is 11.5 Å². The number of carbonyl (C=O) groups is 1. The Balaban J connectivity index is 2.00. The highest BCUT2D eigenvalue weighted by Crippen LogP contribution is 2.27. The first kappa shape index (κ1) is 16.5. The summed E-state index contributed by atoms with van der Waals surface area (Å²) in [4.78, 5) is 15.7. The van der Waals surface area contributed by atoms with Crippen molar-refractivity contribution in [3.8, 4) is 11.5 Å². The van der Waals surface area contributed by atoms with Crippen LogP contribution in [-0.2, 0) is 0 Å². The predicted octanol–water partition coefficient (Wildman–Crippen LogP) is 2.64. The summed E-state index contributed by atoms with van der Waals surface area (Å²) in [6.45, 7) is 2.67. The van der Waals surface area contributed by atoms with Gasteiger partial charge in [0.2, 0.25) is 0 Å². The predicted molar refractivity (Wildman–Crippen MR) is 88.1 cm³/mol. The van der Waals surface area contributed by atoms with Crippen LogP contribution in [-0.4, -0.2) is 30.8 Å². The van der Waals surface area contributed by atoms with E-state index in [1.807, 2.05) is 19.1 Å². The third-order valence-electron chi connectivity index (χ3n) is 2.95. The average molecular weight is 313 g/mol. The molecule has 6 nitrogen and oxygen atoms in total. The van der Waals surface area contributed by atoms with Crippen LogP contribution >= 0.6 is 0 Å². The molecule has 0 aliphatic heterocycles. The van der Waals surface area contributed by atoms with E-state index in [1.165, 1.54) is 6.20 Å². The van der Waals surface area contributed by atoms with Crippen LogP contribution in [0.5, 0.6) is 11.5 Å². The third kappa shape index (κ3) is 4.81. The van der Waals surface area contributed by atoms with Gasteiger partial charge in [-0.25, -0.2) is 5.43 Å². The minimum atomic E-state index is -0.316. The van der Waals surface area contributed by atoms with Gasteiger partial charge in [-0.15, -0.1) is 0 Å². The molecule has 2 rings (SSSR count). The number of nitrogens with zero attached hydrogens (tertiary/aromatic N) is 2. The molecule has 0 aliphatic rings. The number of hydrazone groups is 1. The van der Waals surface area contributed by atoms with E-state index in [2.05, 4.69) is 15.5 Å². The number of rotatable bonds is 7. The van der Waals surface area contributed by atoms with Gasteiger partial charge in [-0.1, -0.05) is 6.92 Å². The Kier molecular flexibility index (Phi) is 6.11. The lowest BCUT2D eigenvalue weighted by atomic mass is 10.2. The van der Waals surface area contributed by atoms with Gasteiger partial charge in [-0.05, 0) is 42.3 Å². The minimum absolute atomic E-state index is 0.316. The molecular formula is C17H19N3O3. The van der Waals surface area contributed by atoms with Crippen LogP contribution in [0.2, 0.25) is 0 Å². The topological polar surface area (TPSA) is 72.8 Å². The molecule has 1 amide bonds. The standard InChI is InChI=1S/C17H19N3O3/c1-3-9-23-15-7-6-13(10-16(15)22-2)11-19-20-17(21)14-5-4-8-18-12-14/h4-8,10-12H,3,9H2,1-2H3,(H,20,21)/b19-11-. The molecule has 1 aromatic heterocycles. The van der Waals surface area contributed by atoms with E-state index in [0.717, 1.165) is 12.0 Å². The van der Waals surface area contributed by atoms with Gasteiger partial charge < -0.3 is 9.47 Å². The van der Waals surface area contributed by atoms with Crippen LogP contribution in [0.25, 0.3) is 0 Å². The van der Waals surface area contributed by atoms with E-state index in [4.69, 9.17) is 9.47 Å². The molecule has 0 aliphatic carbocycles. The number of carbonyl (C=O) groups excluding carboxylic acids is 1. The lowest BCUT2D eigenvalue weighted by Crippen LogP contribution is -2.17. The second kappa shape index (κ2) is 8.53. The highest BCUT2D eigenvalue weighted by Gasteiger charge is 2.05.